The van der Waals surface area contributed by atoms with Crippen LogP contribution in [0.3, 0.4) is 0 Å². The average Bonchev–Trinajstić information content (AvgIpc) is 3.18. The molecule has 1 aromatic heterocycles. The fourth-order valence-corrected chi connectivity index (χ4v) is 4.47. The zero-order valence-corrected chi connectivity index (χ0v) is 14.5. The van der Waals surface area contributed by atoms with Gasteiger partial charge in [-0.1, -0.05) is 18.9 Å². The number of ether oxygens (including phenoxy) is 1. The number of carbonyl (C=O) groups is 1. The minimum atomic E-state index is -1.03. The van der Waals surface area contributed by atoms with Crippen LogP contribution >= 0.6 is 11.3 Å². The first-order valence-corrected chi connectivity index (χ1v) is 9.32. The Bertz CT molecular complexity index is 524. The number of amides is 2. The van der Waals surface area contributed by atoms with Crippen molar-refractivity contribution in [1.82, 2.24) is 10.6 Å². The molecule has 0 bridgehead atoms. The quantitative estimate of drug-likeness (QED) is 0.790. The molecule has 2 amide bonds. The number of hydrogen-bond acceptors (Lipinski definition) is 4. The third-order valence-corrected chi connectivity index (χ3v) is 6.11. The van der Waals surface area contributed by atoms with Crippen LogP contribution in [-0.2, 0) is 10.3 Å². The van der Waals surface area contributed by atoms with Crippen molar-refractivity contribution < 1.29 is 14.6 Å². The number of rotatable bonds is 4. The summed E-state index contributed by atoms with van der Waals surface area (Å²) in [6, 6.07) is 3.74. The summed E-state index contributed by atoms with van der Waals surface area (Å²) < 4.78 is 5.99. The maximum Gasteiger partial charge on any atom is 0.315 e. The summed E-state index contributed by atoms with van der Waals surface area (Å²) in [5.74, 6) is 0. The largest absolute Gasteiger partial charge is 0.383 e. The Morgan fingerprint density at radius 1 is 1.52 bits per heavy atom. The van der Waals surface area contributed by atoms with E-state index in [1.165, 1.54) is 24.2 Å². The van der Waals surface area contributed by atoms with Crippen molar-refractivity contribution in [3.05, 3.63) is 22.4 Å². The Morgan fingerprint density at radius 2 is 2.30 bits per heavy atom. The van der Waals surface area contributed by atoms with E-state index in [0.29, 0.717) is 0 Å². The summed E-state index contributed by atoms with van der Waals surface area (Å²) >= 11 is 1.49. The summed E-state index contributed by atoms with van der Waals surface area (Å²) in [4.78, 5) is 13.0. The van der Waals surface area contributed by atoms with Gasteiger partial charge in [0.25, 0.3) is 0 Å². The third kappa shape index (κ3) is 4.05. The van der Waals surface area contributed by atoms with Gasteiger partial charge < -0.3 is 20.5 Å². The minimum absolute atomic E-state index is 0.00133. The van der Waals surface area contributed by atoms with Crippen LogP contribution in [0, 0.1) is 0 Å². The second-order valence-electron chi connectivity index (χ2n) is 7.01. The number of urea groups is 1. The molecule has 1 saturated heterocycles. The van der Waals surface area contributed by atoms with E-state index in [2.05, 4.69) is 10.6 Å². The Morgan fingerprint density at radius 3 is 3.00 bits per heavy atom. The van der Waals surface area contributed by atoms with Gasteiger partial charge in [-0.3, -0.25) is 0 Å². The lowest BCUT2D eigenvalue weighted by Crippen LogP contribution is -2.51. The van der Waals surface area contributed by atoms with Crippen LogP contribution in [0.1, 0.15) is 50.3 Å². The van der Waals surface area contributed by atoms with Gasteiger partial charge in [-0.15, -0.1) is 11.3 Å². The molecule has 0 aromatic carbocycles. The Balaban J connectivity index is 1.47. The maximum atomic E-state index is 12.2. The molecule has 2 aliphatic rings. The second-order valence-corrected chi connectivity index (χ2v) is 7.95. The molecule has 1 aromatic rings. The molecule has 23 heavy (non-hydrogen) atoms. The fourth-order valence-electron chi connectivity index (χ4n) is 3.68. The Labute approximate surface area is 141 Å². The van der Waals surface area contributed by atoms with E-state index in [9.17, 15) is 9.90 Å². The first-order chi connectivity index (χ1) is 11.0. The van der Waals surface area contributed by atoms with E-state index in [0.717, 1.165) is 37.2 Å². The van der Waals surface area contributed by atoms with Gasteiger partial charge in [0.1, 0.15) is 5.60 Å². The normalized spacial score (nSPS) is 25.9. The molecule has 128 valence electrons. The molecule has 1 saturated carbocycles. The number of hydrogen-bond donors (Lipinski definition) is 3. The summed E-state index contributed by atoms with van der Waals surface area (Å²) in [6.07, 6.45) is 6.43. The number of carbonyl (C=O) groups excluding carboxylic acids is 1. The standard InChI is InChI=1S/C17H26N2O3S/c1-16(21,14-5-4-10-23-14)12-18-15(20)19-13-6-9-22-17(11-13)7-2-3-8-17/h4-5,10,13,21H,2-3,6-9,11-12H2,1H3,(H2,18,19,20). The molecule has 2 fully saturated rings. The molecule has 0 radical (unpaired) electrons. The highest BCUT2D eigenvalue weighted by Gasteiger charge is 2.40. The monoisotopic (exact) mass is 338 g/mol. The highest BCUT2D eigenvalue weighted by Crippen LogP contribution is 2.39. The van der Waals surface area contributed by atoms with Gasteiger partial charge in [0.15, 0.2) is 0 Å². The fraction of sp³-hybridized carbons (Fsp3) is 0.706. The van der Waals surface area contributed by atoms with E-state index in [1.807, 2.05) is 17.5 Å². The van der Waals surface area contributed by atoms with Crippen molar-refractivity contribution in [3.8, 4) is 0 Å². The van der Waals surface area contributed by atoms with Gasteiger partial charge in [0.05, 0.1) is 12.1 Å². The van der Waals surface area contributed by atoms with Gasteiger partial charge >= 0.3 is 6.03 Å². The summed E-state index contributed by atoms with van der Waals surface area (Å²) in [5.41, 5.74) is -1.04. The summed E-state index contributed by atoms with van der Waals surface area (Å²) in [5, 5.41) is 18.2. The van der Waals surface area contributed by atoms with Gasteiger partial charge in [0.2, 0.25) is 0 Å². The Hall–Kier alpha value is -1.11. The van der Waals surface area contributed by atoms with E-state index in [1.54, 1.807) is 6.92 Å². The van der Waals surface area contributed by atoms with Gasteiger partial charge in [-0.25, -0.2) is 4.79 Å². The van der Waals surface area contributed by atoms with Crippen molar-refractivity contribution in [2.75, 3.05) is 13.2 Å². The predicted molar refractivity (Wildman–Crippen MR) is 90.6 cm³/mol. The highest BCUT2D eigenvalue weighted by atomic mass is 32.1. The maximum absolute atomic E-state index is 12.2. The molecule has 2 heterocycles. The van der Waals surface area contributed by atoms with E-state index in [-0.39, 0.29) is 24.2 Å². The topological polar surface area (TPSA) is 70.6 Å². The number of nitrogens with one attached hydrogen (secondary N) is 2. The summed E-state index contributed by atoms with van der Waals surface area (Å²) in [6.45, 7) is 2.65. The molecule has 2 atom stereocenters. The SMILES string of the molecule is CC(O)(CNC(=O)NC1CCOC2(CCCC2)C1)c1cccs1. The van der Waals surface area contributed by atoms with Gasteiger partial charge in [-0.2, -0.15) is 0 Å². The van der Waals surface area contributed by atoms with Crippen molar-refractivity contribution in [2.45, 2.75) is 62.7 Å². The second kappa shape index (κ2) is 6.79. The average molecular weight is 338 g/mol. The zero-order chi connectivity index (χ0) is 16.3. The van der Waals surface area contributed by atoms with Crippen LogP contribution in [0.2, 0.25) is 0 Å². The number of aliphatic hydroxyl groups is 1. The van der Waals surface area contributed by atoms with E-state index >= 15 is 0 Å². The lowest BCUT2D eigenvalue weighted by Gasteiger charge is -2.38. The predicted octanol–water partition coefficient (Wildman–Crippen LogP) is 2.75. The van der Waals surface area contributed by atoms with Crippen molar-refractivity contribution in [2.24, 2.45) is 0 Å². The molecule has 1 aliphatic heterocycles. The van der Waals surface area contributed by atoms with Gasteiger partial charge in [0, 0.05) is 17.5 Å². The molecule has 3 N–H and O–H groups in total. The Kier molecular flexibility index (Phi) is 4.94. The van der Waals surface area contributed by atoms with Crippen LogP contribution in [-0.4, -0.2) is 35.9 Å². The molecular formula is C17H26N2O3S. The van der Waals surface area contributed by atoms with Crippen LogP contribution in [0.4, 0.5) is 4.79 Å². The van der Waals surface area contributed by atoms with Gasteiger partial charge in [-0.05, 0) is 44.1 Å². The molecule has 2 unspecified atom stereocenters. The van der Waals surface area contributed by atoms with E-state index in [4.69, 9.17) is 4.74 Å². The summed E-state index contributed by atoms with van der Waals surface area (Å²) in [7, 11) is 0. The zero-order valence-electron chi connectivity index (χ0n) is 13.6. The molecule has 6 heteroatoms. The van der Waals surface area contributed by atoms with Crippen molar-refractivity contribution >= 4 is 17.4 Å². The number of thiophene rings is 1. The lowest BCUT2D eigenvalue weighted by atomic mass is 9.89. The molecular weight excluding hydrogens is 312 g/mol. The highest BCUT2D eigenvalue weighted by molar-refractivity contribution is 7.10. The third-order valence-electron chi connectivity index (χ3n) is 4.99. The van der Waals surface area contributed by atoms with Crippen LogP contribution in [0.25, 0.3) is 0 Å². The van der Waals surface area contributed by atoms with Crippen LogP contribution in [0.5, 0.6) is 0 Å². The molecule has 1 aliphatic carbocycles. The molecule has 3 rings (SSSR count). The smallest absolute Gasteiger partial charge is 0.315 e. The van der Waals surface area contributed by atoms with Crippen molar-refractivity contribution in [3.63, 3.8) is 0 Å². The van der Waals surface area contributed by atoms with Crippen LogP contribution < -0.4 is 10.6 Å². The molecule has 1 spiro atoms. The first-order valence-electron chi connectivity index (χ1n) is 8.44. The lowest BCUT2D eigenvalue weighted by molar-refractivity contribution is -0.0820. The minimum Gasteiger partial charge on any atom is -0.383 e. The van der Waals surface area contributed by atoms with Crippen LogP contribution in [0.15, 0.2) is 17.5 Å². The molecule has 5 nitrogen and oxygen atoms in total. The first kappa shape index (κ1) is 16.7. The van der Waals surface area contributed by atoms with Crippen molar-refractivity contribution in [1.29, 1.82) is 0 Å². The van der Waals surface area contributed by atoms with E-state index < -0.39 is 5.60 Å².